The van der Waals surface area contributed by atoms with Crippen LogP contribution in [0.1, 0.15) is 20.3 Å². The van der Waals surface area contributed by atoms with Crippen molar-refractivity contribution in [3.05, 3.63) is 12.2 Å². The van der Waals surface area contributed by atoms with E-state index in [0.29, 0.717) is 6.61 Å². The number of aliphatic hydroxyl groups is 1. The molecule has 0 aromatic rings. The van der Waals surface area contributed by atoms with Crippen LogP contribution in [0.15, 0.2) is 12.2 Å². The van der Waals surface area contributed by atoms with Crippen LogP contribution in [0.5, 0.6) is 0 Å². The van der Waals surface area contributed by atoms with Gasteiger partial charge in [-0.2, -0.15) is 0 Å². The predicted molar refractivity (Wildman–Crippen MR) is 45.7 cm³/mol. The van der Waals surface area contributed by atoms with Crippen molar-refractivity contribution in [2.24, 2.45) is 0 Å². The number of ether oxygens (including phenoxy) is 2. The molecule has 70 valence electrons. The van der Waals surface area contributed by atoms with E-state index in [1.165, 1.54) is 0 Å². The second-order valence-corrected chi connectivity index (χ2v) is 3.34. The van der Waals surface area contributed by atoms with Gasteiger partial charge >= 0.3 is 0 Å². The zero-order valence-electron chi connectivity index (χ0n) is 7.62. The Kier molecular flexibility index (Phi) is 3.26. The van der Waals surface area contributed by atoms with Gasteiger partial charge in [0.25, 0.3) is 0 Å². The Morgan fingerprint density at radius 2 is 2.25 bits per heavy atom. The molecule has 0 unspecified atom stereocenters. The summed E-state index contributed by atoms with van der Waals surface area (Å²) in [6.45, 7) is 4.55. The highest BCUT2D eigenvalue weighted by Crippen LogP contribution is 2.23. The number of hydrogen-bond acceptors (Lipinski definition) is 3. The molecule has 1 rings (SSSR count). The van der Waals surface area contributed by atoms with Crippen LogP contribution in [0.4, 0.5) is 0 Å². The molecule has 12 heavy (non-hydrogen) atoms. The van der Waals surface area contributed by atoms with E-state index in [1.54, 1.807) is 6.08 Å². The minimum absolute atomic E-state index is 0.0942. The molecule has 3 nitrogen and oxygen atoms in total. The average molecular weight is 172 g/mol. The lowest BCUT2D eigenvalue weighted by molar-refractivity contribution is -0.137. The molecule has 3 heteroatoms. The molecule has 0 bridgehead atoms. The molecule has 0 saturated carbocycles. The molecule has 1 N–H and O–H groups in total. The van der Waals surface area contributed by atoms with Crippen LogP contribution in [0.2, 0.25) is 0 Å². The summed E-state index contributed by atoms with van der Waals surface area (Å²) in [4.78, 5) is 0. The van der Waals surface area contributed by atoms with Gasteiger partial charge in [-0.15, -0.1) is 0 Å². The maximum Gasteiger partial charge on any atom is 0.163 e. The minimum atomic E-state index is -0.433. The van der Waals surface area contributed by atoms with Crippen LogP contribution in [-0.4, -0.2) is 30.2 Å². The van der Waals surface area contributed by atoms with Crippen molar-refractivity contribution >= 4 is 0 Å². The fourth-order valence-corrected chi connectivity index (χ4v) is 1.20. The van der Waals surface area contributed by atoms with Crippen LogP contribution >= 0.6 is 0 Å². The lowest BCUT2D eigenvalue weighted by Gasteiger charge is -2.16. The van der Waals surface area contributed by atoms with Crippen molar-refractivity contribution in [3.63, 3.8) is 0 Å². The van der Waals surface area contributed by atoms with Crippen molar-refractivity contribution in [3.8, 4) is 0 Å². The lowest BCUT2D eigenvalue weighted by Crippen LogP contribution is -2.21. The van der Waals surface area contributed by atoms with Gasteiger partial charge in [-0.1, -0.05) is 12.2 Å². The monoisotopic (exact) mass is 172 g/mol. The number of aliphatic hydroxyl groups excluding tert-OH is 1. The van der Waals surface area contributed by atoms with E-state index in [4.69, 9.17) is 14.6 Å². The summed E-state index contributed by atoms with van der Waals surface area (Å²) in [5.41, 5.74) is 0. The fraction of sp³-hybridized carbons (Fsp3) is 0.778. The van der Waals surface area contributed by atoms with Gasteiger partial charge in [0.1, 0.15) is 0 Å². The largest absolute Gasteiger partial charge is 0.392 e. The molecule has 0 radical (unpaired) electrons. The number of hydrogen-bond donors (Lipinski definition) is 1. The van der Waals surface area contributed by atoms with Gasteiger partial charge in [-0.25, -0.2) is 0 Å². The lowest BCUT2D eigenvalue weighted by atomic mass is 10.2. The summed E-state index contributed by atoms with van der Waals surface area (Å²) in [6, 6.07) is 0. The summed E-state index contributed by atoms with van der Waals surface area (Å²) >= 11 is 0. The number of rotatable bonds is 3. The molecule has 1 saturated heterocycles. The predicted octanol–water partition coefficient (Wildman–Crippen LogP) is 1.08. The van der Waals surface area contributed by atoms with E-state index in [0.717, 1.165) is 6.42 Å². The van der Waals surface area contributed by atoms with E-state index >= 15 is 0 Å². The topological polar surface area (TPSA) is 38.7 Å². The standard InChI is InChI=1S/C9H16O3/c1-9(2)11-7-8(12-9)5-3-4-6-10/h3-4,8,10H,5-7H2,1-2H3/b4-3+/t8-/m0/s1. The quantitative estimate of drug-likeness (QED) is 0.647. The van der Waals surface area contributed by atoms with Crippen LogP contribution < -0.4 is 0 Å². The van der Waals surface area contributed by atoms with E-state index < -0.39 is 5.79 Å². The Balaban J connectivity index is 2.24. The molecule has 0 aliphatic carbocycles. The highest BCUT2D eigenvalue weighted by molar-refractivity contribution is 4.86. The summed E-state index contributed by atoms with van der Waals surface area (Å²) in [5, 5.41) is 8.48. The first-order valence-corrected chi connectivity index (χ1v) is 4.22. The molecule has 1 aliphatic rings. The van der Waals surface area contributed by atoms with Gasteiger partial charge in [0.05, 0.1) is 19.3 Å². The zero-order valence-corrected chi connectivity index (χ0v) is 7.62. The molecule has 0 aromatic heterocycles. The Labute approximate surface area is 73.0 Å². The average Bonchev–Trinajstić information content (AvgIpc) is 2.31. The third kappa shape index (κ3) is 2.93. The molecule has 0 aromatic carbocycles. The van der Waals surface area contributed by atoms with Crippen molar-refractivity contribution in [1.82, 2.24) is 0 Å². The molecule has 1 fully saturated rings. The van der Waals surface area contributed by atoms with Crippen LogP contribution in [0.3, 0.4) is 0 Å². The van der Waals surface area contributed by atoms with Crippen LogP contribution in [0, 0.1) is 0 Å². The van der Waals surface area contributed by atoms with E-state index in [-0.39, 0.29) is 12.7 Å². The summed E-state index contributed by atoms with van der Waals surface area (Å²) < 4.78 is 10.9. The smallest absolute Gasteiger partial charge is 0.163 e. The normalized spacial score (nSPS) is 28.4. The van der Waals surface area contributed by atoms with Crippen molar-refractivity contribution < 1.29 is 14.6 Å². The highest BCUT2D eigenvalue weighted by Gasteiger charge is 2.31. The second kappa shape index (κ2) is 4.03. The van der Waals surface area contributed by atoms with Crippen LogP contribution in [0.25, 0.3) is 0 Å². The minimum Gasteiger partial charge on any atom is -0.392 e. The molecule has 1 aliphatic heterocycles. The Hall–Kier alpha value is -0.380. The fourth-order valence-electron chi connectivity index (χ4n) is 1.20. The van der Waals surface area contributed by atoms with Gasteiger partial charge in [0.2, 0.25) is 0 Å². The van der Waals surface area contributed by atoms with Gasteiger partial charge < -0.3 is 14.6 Å². The molecule has 0 amide bonds. The highest BCUT2D eigenvalue weighted by atomic mass is 16.7. The van der Waals surface area contributed by atoms with Gasteiger partial charge in [0, 0.05) is 0 Å². The Morgan fingerprint density at radius 1 is 1.50 bits per heavy atom. The third-order valence-electron chi connectivity index (χ3n) is 1.74. The van der Waals surface area contributed by atoms with E-state index in [1.807, 2.05) is 19.9 Å². The summed E-state index contributed by atoms with van der Waals surface area (Å²) in [6.07, 6.45) is 4.58. The second-order valence-electron chi connectivity index (χ2n) is 3.34. The summed E-state index contributed by atoms with van der Waals surface area (Å²) in [5.74, 6) is -0.433. The molecule has 0 spiro atoms. The van der Waals surface area contributed by atoms with Crippen molar-refractivity contribution in [2.75, 3.05) is 13.2 Å². The molecular formula is C9H16O3. The van der Waals surface area contributed by atoms with Crippen molar-refractivity contribution in [2.45, 2.75) is 32.2 Å². The van der Waals surface area contributed by atoms with Gasteiger partial charge in [-0.3, -0.25) is 0 Å². The van der Waals surface area contributed by atoms with Crippen LogP contribution in [-0.2, 0) is 9.47 Å². The Bertz CT molecular complexity index is 163. The van der Waals surface area contributed by atoms with Crippen molar-refractivity contribution in [1.29, 1.82) is 0 Å². The first-order chi connectivity index (χ1) is 5.64. The molecule has 1 atom stereocenters. The summed E-state index contributed by atoms with van der Waals surface area (Å²) in [7, 11) is 0. The maximum atomic E-state index is 8.48. The van der Waals surface area contributed by atoms with Gasteiger partial charge in [0.15, 0.2) is 5.79 Å². The first kappa shape index (κ1) is 9.71. The van der Waals surface area contributed by atoms with E-state index in [2.05, 4.69) is 0 Å². The maximum absolute atomic E-state index is 8.48. The molecule has 1 heterocycles. The molecular weight excluding hydrogens is 156 g/mol. The Morgan fingerprint density at radius 3 is 2.75 bits per heavy atom. The zero-order chi connectivity index (χ0) is 9.03. The third-order valence-corrected chi connectivity index (χ3v) is 1.74. The SMILES string of the molecule is CC1(C)OC[C@H](C/C=C/CO)O1. The van der Waals surface area contributed by atoms with E-state index in [9.17, 15) is 0 Å². The van der Waals surface area contributed by atoms with Gasteiger partial charge in [-0.05, 0) is 20.3 Å². The first-order valence-electron chi connectivity index (χ1n) is 4.22.